The summed E-state index contributed by atoms with van der Waals surface area (Å²) in [6.45, 7) is 0. The Morgan fingerprint density at radius 2 is 0.353 bits per heavy atom. The Balaban J connectivity index is 0.000000115. The van der Waals surface area contributed by atoms with Crippen LogP contribution in [-0.2, 0) is 0 Å². The van der Waals surface area contributed by atoms with Crippen molar-refractivity contribution in [2.75, 3.05) is 14.7 Å². The number of furan rings is 3. The molecule has 0 saturated heterocycles. The van der Waals surface area contributed by atoms with Crippen LogP contribution in [0.4, 0.5) is 51.2 Å². The van der Waals surface area contributed by atoms with Crippen molar-refractivity contribution < 1.29 is 13.3 Å². The molecule has 0 spiro atoms. The summed E-state index contributed by atoms with van der Waals surface area (Å²) in [6, 6.07) is 191. The van der Waals surface area contributed by atoms with E-state index in [0.29, 0.717) is 0 Å². The van der Waals surface area contributed by atoms with Gasteiger partial charge in [0.25, 0.3) is 0 Å². The van der Waals surface area contributed by atoms with E-state index in [1.54, 1.807) is 0 Å². The lowest BCUT2D eigenvalue weighted by atomic mass is 9.97. The molecule has 0 N–H and O–H groups in total. The fourth-order valence-electron chi connectivity index (χ4n) is 19.1. The van der Waals surface area contributed by atoms with Crippen LogP contribution in [0.15, 0.2) is 553 Å². The van der Waals surface area contributed by atoms with Crippen LogP contribution in [0.3, 0.4) is 0 Å². The minimum atomic E-state index is 0.862. The van der Waals surface area contributed by atoms with Gasteiger partial charge in [0.15, 0.2) is 16.7 Å². The van der Waals surface area contributed by atoms with Crippen LogP contribution in [0.1, 0.15) is 0 Å². The van der Waals surface area contributed by atoms with Crippen LogP contribution in [0, 0.1) is 0 Å². The highest BCUT2D eigenvalue weighted by atomic mass is 16.3. The second kappa shape index (κ2) is 37.0. The fraction of sp³-hybridized carbons (Fsp3) is 0. The second-order valence-electron chi connectivity index (χ2n) is 34.1. The van der Waals surface area contributed by atoms with Gasteiger partial charge in [-0.3, -0.25) is 0 Å². The van der Waals surface area contributed by atoms with E-state index in [1.165, 1.54) is 72.0 Å². The number of hydrogen-bond donors (Lipinski definition) is 0. The first-order chi connectivity index (χ1) is 67.4. The highest BCUT2D eigenvalue weighted by molar-refractivity contribution is 6.16. The van der Waals surface area contributed by atoms with E-state index in [9.17, 15) is 0 Å². The van der Waals surface area contributed by atoms with Gasteiger partial charge in [0.05, 0.1) is 22.7 Å². The molecule has 22 aromatic carbocycles. The third-order valence-corrected chi connectivity index (χ3v) is 25.8. The number of hydrogen-bond acceptors (Lipinski definition) is 6. The van der Waals surface area contributed by atoms with Crippen molar-refractivity contribution in [1.29, 1.82) is 0 Å². The SMILES string of the molecule is c1ccc(-c2ccc(-c3ccc(N(c4ccccc4)c4cc(-c5ccccc5)cc5c4oc4ccccc45)cc3)cc2)cc1.c1ccc(-c2ccc(N(c3ccc(-c4cccc5ccccc45)cc3)c3cc(-c4ccccc4)cc4c3oc3ccccc34)cc2)cc1.c1ccc(-c2ccc(N(c3ccccc3-c3ccccc3)c3cc(-c4ccccc4)cc4c3oc3ccccc34)cc2)cc1. The molecule has 6 nitrogen and oxygen atoms in total. The molecule has 0 fully saturated rings. The largest absolute Gasteiger partial charge is 0.454 e. The molecule has 642 valence electrons. The van der Waals surface area contributed by atoms with Crippen molar-refractivity contribution in [1.82, 2.24) is 0 Å². The topological polar surface area (TPSA) is 49.1 Å². The van der Waals surface area contributed by atoms with Gasteiger partial charge in [-0.25, -0.2) is 0 Å². The molecular weight excluding hydrogens is 1650 g/mol. The maximum atomic E-state index is 6.70. The Kier molecular flexibility index (Phi) is 22.4. The maximum Gasteiger partial charge on any atom is 0.159 e. The van der Waals surface area contributed by atoms with Gasteiger partial charge in [-0.05, 0) is 227 Å². The Labute approximate surface area is 790 Å². The van der Waals surface area contributed by atoms with Gasteiger partial charge in [-0.15, -0.1) is 0 Å². The van der Waals surface area contributed by atoms with Crippen molar-refractivity contribution >= 4 is 128 Å². The highest BCUT2D eigenvalue weighted by Crippen LogP contribution is 2.51. The van der Waals surface area contributed by atoms with Crippen molar-refractivity contribution in [2.24, 2.45) is 0 Å². The molecule has 0 aliphatic rings. The molecule has 0 atom stereocenters. The molecule has 25 rings (SSSR count). The number of rotatable bonds is 18. The molecule has 3 heterocycles. The van der Waals surface area contributed by atoms with Crippen LogP contribution in [0.25, 0.3) is 177 Å². The molecule has 0 saturated carbocycles. The van der Waals surface area contributed by atoms with Crippen LogP contribution in [0.5, 0.6) is 0 Å². The minimum Gasteiger partial charge on any atom is -0.454 e. The third-order valence-electron chi connectivity index (χ3n) is 25.8. The number of nitrogens with zero attached hydrogens (tertiary/aromatic N) is 3. The first kappa shape index (κ1) is 82.3. The van der Waals surface area contributed by atoms with Crippen LogP contribution in [-0.4, -0.2) is 0 Å². The Bertz CT molecular complexity index is 8500. The summed E-state index contributed by atoms with van der Waals surface area (Å²) < 4.78 is 20.0. The van der Waals surface area contributed by atoms with E-state index < -0.39 is 0 Å². The predicted molar refractivity (Wildman–Crippen MR) is 572 cm³/mol. The molecule has 136 heavy (non-hydrogen) atoms. The van der Waals surface area contributed by atoms with Crippen molar-refractivity contribution in [3.63, 3.8) is 0 Å². The molecule has 0 aliphatic heterocycles. The van der Waals surface area contributed by atoms with Gasteiger partial charge >= 0.3 is 0 Å². The van der Waals surface area contributed by atoms with E-state index in [1.807, 2.05) is 24.3 Å². The first-order valence-electron chi connectivity index (χ1n) is 46.2. The van der Waals surface area contributed by atoms with Crippen LogP contribution < -0.4 is 14.7 Å². The monoisotopic (exact) mass is 1740 g/mol. The van der Waals surface area contributed by atoms with Crippen LogP contribution in [0.2, 0.25) is 0 Å². The van der Waals surface area contributed by atoms with Gasteiger partial charge in [0.1, 0.15) is 16.7 Å². The molecule has 25 aromatic rings. The summed E-state index contributed by atoms with van der Waals surface area (Å²) >= 11 is 0. The molecule has 0 radical (unpaired) electrons. The van der Waals surface area contributed by atoms with Crippen molar-refractivity contribution in [3.05, 3.63) is 540 Å². The van der Waals surface area contributed by atoms with Gasteiger partial charge in [0.2, 0.25) is 0 Å². The quantitative estimate of drug-likeness (QED) is 0.0853. The summed E-state index contributed by atoms with van der Waals surface area (Å²) in [7, 11) is 0. The van der Waals surface area contributed by atoms with Gasteiger partial charge in [-0.2, -0.15) is 0 Å². The average molecular weight is 1740 g/mol. The molecule has 0 bridgehead atoms. The van der Waals surface area contributed by atoms with E-state index >= 15 is 0 Å². The van der Waals surface area contributed by atoms with Crippen molar-refractivity contribution in [3.8, 4) is 100 Å². The first-order valence-corrected chi connectivity index (χ1v) is 46.2. The van der Waals surface area contributed by atoms with E-state index in [-0.39, 0.29) is 0 Å². The Morgan fingerprint density at radius 1 is 0.125 bits per heavy atom. The van der Waals surface area contributed by atoms with Gasteiger partial charge in [-0.1, -0.05) is 419 Å². The van der Waals surface area contributed by atoms with Crippen LogP contribution >= 0.6 is 0 Å². The van der Waals surface area contributed by atoms with E-state index in [4.69, 9.17) is 13.3 Å². The zero-order chi connectivity index (χ0) is 90.5. The molecular formula is C130H89N3O3. The van der Waals surface area contributed by atoms with Crippen molar-refractivity contribution in [2.45, 2.75) is 0 Å². The third kappa shape index (κ3) is 16.5. The summed E-state index contributed by atoms with van der Waals surface area (Å²) in [4.78, 5) is 6.99. The smallest absolute Gasteiger partial charge is 0.159 e. The Morgan fingerprint density at radius 3 is 0.713 bits per heavy atom. The summed E-state index contributed by atoms with van der Waals surface area (Å²) in [6.07, 6.45) is 0. The standard InChI is InChI=1S/C46H31NO.2C42H29NO/c1-3-12-32(13-4-1)34-22-26-38(27-23-34)47(39-28-24-36(25-29-39)41-20-11-17-35-16-7-8-18-40(35)41)44-31-37(33-14-5-2-6-15-33)30-43-42-19-9-10-21-45(42)48-46(43)44;1-4-14-30(15-5-1)32-24-26-35(27-25-32)43(39-22-12-10-20-36(39)33-18-8-3-9-19-33)40-29-34(31-16-6-2-7-17-31)28-38-37-21-11-13-23-41(37)44-42(38)40;1-4-12-30(13-5-1)32-20-22-33(23-21-32)34-24-26-37(27-25-34)43(36-16-8-3-9-17-36)40-29-35(31-14-6-2-7-15-31)28-39-38-18-10-11-19-41(38)44-42(39)40/h1-31H;2*1-29H. The average Bonchev–Trinajstić information content (AvgIpc) is 1.58. The summed E-state index contributed by atoms with van der Waals surface area (Å²) in [5.41, 5.74) is 35.8. The summed E-state index contributed by atoms with van der Waals surface area (Å²) in [5, 5.41) is 9.12. The lowest BCUT2D eigenvalue weighted by Crippen LogP contribution is -2.11. The second-order valence-corrected chi connectivity index (χ2v) is 34.1. The lowest BCUT2D eigenvalue weighted by molar-refractivity contribution is 0.669. The Hall–Kier alpha value is -18.1. The predicted octanol–water partition coefficient (Wildman–Crippen LogP) is 37.3. The van der Waals surface area contributed by atoms with Gasteiger partial charge in [0, 0.05) is 66.3 Å². The molecule has 3 aromatic heterocycles. The van der Waals surface area contributed by atoms with Gasteiger partial charge < -0.3 is 28.0 Å². The molecule has 0 unspecified atom stereocenters. The van der Waals surface area contributed by atoms with E-state index in [2.05, 4.69) is 530 Å². The summed E-state index contributed by atoms with van der Waals surface area (Å²) in [5.74, 6) is 0. The zero-order valence-corrected chi connectivity index (χ0v) is 74.5. The minimum absolute atomic E-state index is 0.862. The fourth-order valence-corrected chi connectivity index (χ4v) is 19.1. The van der Waals surface area contributed by atoms with E-state index in [0.717, 1.165) is 156 Å². The normalized spacial score (nSPS) is 11.2. The number of fused-ring (bicyclic) bond motifs is 10. The highest BCUT2D eigenvalue weighted by Gasteiger charge is 2.28. The lowest BCUT2D eigenvalue weighted by Gasteiger charge is -2.28. The maximum absolute atomic E-state index is 6.70. The molecule has 6 heteroatoms. The molecule has 0 aliphatic carbocycles. The number of anilines is 9. The number of benzene rings is 22. The number of para-hydroxylation sites is 5. The zero-order valence-electron chi connectivity index (χ0n) is 74.5. The molecule has 0 amide bonds.